The maximum Gasteiger partial charge on any atom is 0.262 e. The van der Waals surface area contributed by atoms with E-state index >= 15 is 0 Å². The van der Waals surface area contributed by atoms with Gasteiger partial charge in [-0.25, -0.2) is 4.98 Å². The van der Waals surface area contributed by atoms with Crippen LogP contribution < -0.4 is 15.6 Å². The van der Waals surface area contributed by atoms with Gasteiger partial charge in [0.1, 0.15) is 11.5 Å². The van der Waals surface area contributed by atoms with Gasteiger partial charge in [-0.2, -0.15) is 0 Å². The molecule has 0 aliphatic carbocycles. The average Bonchev–Trinajstić information content (AvgIpc) is 3.28. The minimum atomic E-state index is -0.252. The fourth-order valence-corrected chi connectivity index (χ4v) is 4.08. The normalized spacial score (nSPS) is 10.9. The molecule has 0 aliphatic heterocycles. The van der Waals surface area contributed by atoms with Crippen LogP contribution in [0.4, 0.5) is 5.69 Å². The lowest BCUT2D eigenvalue weighted by Crippen LogP contribution is -2.24. The molecule has 2 aromatic carbocycles. The summed E-state index contributed by atoms with van der Waals surface area (Å²) in [5, 5.41) is 4.13. The Morgan fingerprint density at radius 2 is 2.06 bits per heavy atom. The van der Waals surface area contributed by atoms with Crippen molar-refractivity contribution in [3.63, 3.8) is 0 Å². The molecule has 7 nitrogen and oxygen atoms in total. The predicted molar refractivity (Wildman–Crippen MR) is 121 cm³/mol. The number of hydrogen-bond donors (Lipinski definition) is 1. The van der Waals surface area contributed by atoms with Crippen molar-refractivity contribution in [2.75, 3.05) is 18.2 Å². The van der Waals surface area contributed by atoms with E-state index in [1.165, 1.54) is 23.4 Å². The van der Waals surface area contributed by atoms with Crippen molar-refractivity contribution < 1.29 is 13.9 Å². The number of anilines is 1. The molecular weight excluding hydrogens is 438 g/mol. The van der Waals surface area contributed by atoms with Crippen molar-refractivity contribution in [3.8, 4) is 5.75 Å². The van der Waals surface area contributed by atoms with Crippen molar-refractivity contribution >= 4 is 45.9 Å². The third kappa shape index (κ3) is 4.76. The lowest BCUT2D eigenvalue weighted by atomic mass is 10.2. The summed E-state index contributed by atoms with van der Waals surface area (Å²) in [4.78, 5) is 30.1. The van der Waals surface area contributed by atoms with Crippen LogP contribution in [0.3, 0.4) is 0 Å². The monoisotopic (exact) mass is 455 g/mol. The molecule has 0 fully saturated rings. The lowest BCUT2D eigenvalue weighted by Gasteiger charge is -2.12. The van der Waals surface area contributed by atoms with Crippen molar-refractivity contribution in [1.29, 1.82) is 0 Å². The van der Waals surface area contributed by atoms with E-state index in [0.717, 1.165) is 0 Å². The zero-order valence-corrected chi connectivity index (χ0v) is 18.1. The van der Waals surface area contributed by atoms with E-state index in [4.69, 9.17) is 20.8 Å². The number of carbonyl (C=O) groups excluding carboxylic acids is 1. The molecule has 0 aliphatic rings. The van der Waals surface area contributed by atoms with Gasteiger partial charge in [-0.3, -0.25) is 14.2 Å². The number of amides is 1. The number of benzene rings is 2. The van der Waals surface area contributed by atoms with E-state index in [0.29, 0.717) is 38.3 Å². The van der Waals surface area contributed by atoms with Crippen LogP contribution in [-0.2, 0) is 11.3 Å². The molecule has 0 radical (unpaired) electrons. The van der Waals surface area contributed by atoms with Crippen LogP contribution in [0.2, 0.25) is 5.02 Å². The van der Waals surface area contributed by atoms with Gasteiger partial charge >= 0.3 is 0 Å². The molecule has 2 aromatic heterocycles. The number of methoxy groups -OCH3 is 1. The van der Waals surface area contributed by atoms with Gasteiger partial charge in [0.05, 0.1) is 41.6 Å². The number of furan rings is 1. The van der Waals surface area contributed by atoms with Crippen LogP contribution in [0.25, 0.3) is 10.9 Å². The Balaban J connectivity index is 1.56. The number of ether oxygens (including phenoxy) is 1. The summed E-state index contributed by atoms with van der Waals surface area (Å²) in [6.45, 7) is 0.224. The molecule has 4 rings (SSSR count). The van der Waals surface area contributed by atoms with Crippen molar-refractivity contribution in [1.82, 2.24) is 9.55 Å². The first kappa shape index (κ1) is 21.0. The van der Waals surface area contributed by atoms with Crippen LogP contribution in [0, 0.1) is 0 Å². The maximum absolute atomic E-state index is 13.0. The number of halogens is 1. The van der Waals surface area contributed by atoms with Gasteiger partial charge in [-0.1, -0.05) is 35.5 Å². The first-order valence-electron chi connectivity index (χ1n) is 9.33. The van der Waals surface area contributed by atoms with E-state index in [1.807, 2.05) is 6.07 Å². The number of nitrogens with one attached hydrogen (secondary N) is 1. The quantitative estimate of drug-likeness (QED) is 0.327. The second-order valence-electron chi connectivity index (χ2n) is 6.57. The number of aromatic nitrogens is 2. The molecule has 0 atom stereocenters. The van der Waals surface area contributed by atoms with Crippen molar-refractivity contribution in [2.24, 2.45) is 0 Å². The molecule has 2 heterocycles. The number of hydrogen-bond acceptors (Lipinski definition) is 6. The van der Waals surface area contributed by atoms with Crippen LogP contribution in [0.1, 0.15) is 5.76 Å². The Morgan fingerprint density at radius 1 is 1.23 bits per heavy atom. The molecule has 1 amide bonds. The number of carbonyl (C=O) groups is 1. The first-order valence-corrected chi connectivity index (χ1v) is 10.7. The highest BCUT2D eigenvalue weighted by Gasteiger charge is 2.15. The smallest absolute Gasteiger partial charge is 0.262 e. The summed E-state index contributed by atoms with van der Waals surface area (Å²) in [5.41, 5.74) is 0.940. The molecule has 158 valence electrons. The van der Waals surface area contributed by atoms with E-state index in [1.54, 1.807) is 54.8 Å². The lowest BCUT2D eigenvalue weighted by molar-refractivity contribution is -0.113. The zero-order valence-electron chi connectivity index (χ0n) is 16.5. The molecule has 0 saturated carbocycles. The Bertz CT molecular complexity index is 1290. The zero-order chi connectivity index (χ0) is 21.8. The molecule has 9 heteroatoms. The molecular formula is C22H18ClN3O4S. The largest absolute Gasteiger partial charge is 0.495 e. The number of para-hydroxylation sites is 1. The van der Waals surface area contributed by atoms with E-state index < -0.39 is 0 Å². The molecule has 0 spiro atoms. The Labute approximate surface area is 187 Å². The topological polar surface area (TPSA) is 86.4 Å². The highest BCUT2D eigenvalue weighted by Crippen LogP contribution is 2.27. The first-order chi connectivity index (χ1) is 15.0. The number of thioether (sulfide) groups is 1. The molecule has 1 N–H and O–H groups in total. The minimum Gasteiger partial charge on any atom is -0.495 e. The van der Waals surface area contributed by atoms with Crippen molar-refractivity contribution in [3.05, 3.63) is 82.0 Å². The summed E-state index contributed by atoms with van der Waals surface area (Å²) in [6.07, 6.45) is 1.55. The fourth-order valence-electron chi connectivity index (χ4n) is 3.03. The van der Waals surface area contributed by atoms with Gasteiger partial charge in [0.25, 0.3) is 5.56 Å². The highest BCUT2D eigenvalue weighted by molar-refractivity contribution is 7.99. The summed E-state index contributed by atoms with van der Waals surface area (Å²) >= 11 is 7.29. The second-order valence-corrected chi connectivity index (χ2v) is 7.92. The van der Waals surface area contributed by atoms with E-state index in [9.17, 15) is 9.59 Å². The third-order valence-electron chi connectivity index (χ3n) is 4.49. The van der Waals surface area contributed by atoms with E-state index in [2.05, 4.69) is 10.3 Å². The van der Waals surface area contributed by atoms with Gasteiger partial charge in [0.15, 0.2) is 5.16 Å². The molecule has 0 bridgehead atoms. The van der Waals surface area contributed by atoms with Gasteiger partial charge < -0.3 is 14.5 Å². The SMILES string of the molecule is COc1ccc(NC(=O)CSc2nc3ccccc3c(=O)n2Cc2ccco2)cc1Cl. The molecule has 0 saturated heterocycles. The average molecular weight is 456 g/mol. The third-order valence-corrected chi connectivity index (χ3v) is 5.76. The predicted octanol–water partition coefficient (Wildman–Crippen LogP) is 4.43. The van der Waals surface area contributed by atoms with Gasteiger partial charge in [-0.05, 0) is 42.5 Å². The molecule has 4 aromatic rings. The number of rotatable bonds is 7. The fraction of sp³-hybridized carbons (Fsp3) is 0.136. The summed E-state index contributed by atoms with van der Waals surface area (Å²) < 4.78 is 12.0. The second kappa shape index (κ2) is 9.28. The number of nitrogens with zero attached hydrogens (tertiary/aromatic N) is 2. The van der Waals surface area contributed by atoms with Crippen LogP contribution in [-0.4, -0.2) is 28.3 Å². The van der Waals surface area contributed by atoms with Crippen LogP contribution in [0.15, 0.2) is 75.2 Å². The molecule has 31 heavy (non-hydrogen) atoms. The Morgan fingerprint density at radius 3 is 2.81 bits per heavy atom. The maximum atomic E-state index is 13.0. The summed E-state index contributed by atoms with van der Waals surface area (Å²) in [6, 6.07) is 15.7. The molecule has 0 unspecified atom stereocenters. The van der Waals surface area contributed by atoms with E-state index in [-0.39, 0.29) is 23.8 Å². The Kier molecular flexibility index (Phi) is 6.29. The highest BCUT2D eigenvalue weighted by atomic mass is 35.5. The van der Waals surface area contributed by atoms with Gasteiger partial charge in [0.2, 0.25) is 5.91 Å². The van der Waals surface area contributed by atoms with Crippen LogP contribution >= 0.6 is 23.4 Å². The number of fused-ring (bicyclic) bond motifs is 1. The van der Waals surface area contributed by atoms with Gasteiger partial charge in [0, 0.05) is 5.69 Å². The van der Waals surface area contributed by atoms with Gasteiger partial charge in [-0.15, -0.1) is 0 Å². The summed E-state index contributed by atoms with van der Waals surface area (Å²) in [5.74, 6) is 0.958. The minimum absolute atomic E-state index is 0.0621. The Hall–Kier alpha value is -3.23. The van der Waals surface area contributed by atoms with Crippen molar-refractivity contribution in [2.45, 2.75) is 11.7 Å². The summed E-state index contributed by atoms with van der Waals surface area (Å²) in [7, 11) is 1.52. The standard InChI is InChI=1S/C22H18ClN3O4S/c1-29-19-9-8-14(11-17(19)23)24-20(27)13-31-22-25-18-7-3-2-6-16(18)21(28)26(22)12-15-5-4-10-30-15/h2-11H,12-13H2,1H3,(H,24,27). The van der Waals surface area contributed by atoms with Crippen LogP contribution in [0.5, 0.6) is 5.75 Å².